The molecule has 1 amide bonds. The number of carbonyl (C=O) groups is 1. The molecule has 4 rings (SSSR count). The van der Waals surface area contributed by atoms with Crippen LogP contribution in [-0.4, -0.2) is 47.1 Å². The average molecular weight is 418 g/mol. The second kappa shape index (κ2) is 8.13. The van der Waals surface area contributed by atoms with Crippen molar-refractivity contribution in [3.05, 3.63) is 69.3 Å². The van der Waals surface area contributed by atoms with E-state index in [0.29, 0.717) is 35.2 Å². The molecule has 7 heteroatoms. The van der Waals surface area contributed by atoms with Crippen LogP contribution in [0.3, 0.4) is 0 Å². The van der Waals surface area contributed by atoms with Crippen LogP contribution in [0.15, 0.2) is 42.5 Å². The highest BCUT2D eigenvalue weighted by atomic mass is 35.5. The van der Waals surface area contributed by atoms with Crippen LogP contribution in [0.1, 0.15) is 27.7 Å². The van der Waals surface area contributed by atoms with Crippen molar-refractivity contribution < 1.29 is 9.90 Å². The summed E-state index contributed by atoms with van der Waals surface area (Å²) < 4.78 is 0. The van der Waals surface area contributed by atoms with Crippen molar-refractivity contribution in [1.82, 2.24) is 15.2 Å². The van der Waals surface area contributed by atoms with E-state index in [9.17, 15) is 4.79 Å². The van der Waals surface area contributed by atoms with Crippen LogP contribution >= 0.6 is 23.2 Å². The van der Waals surface area contributed by atoms with Gasteiger partial charge in [-0.2, -0.15) is 0 Å². The molecule has 0 saturated carbocycles. The summed E-state index contributed by atoms with van der Waals surface area (Å²) in [5.74, 6) is -0.0550. The SMILES string of the molecule is O=C(c1cccc(Cl)c1)N1CCc2c([nH]c3ccc(Cl)cc23)C1CNCCO. The smallest absolute Gasteiger partial charge is 0.254 e. The average Bonchev–Trinajstić information content (AvgIpc) is 3.06. The van der Waals surface area contributed by atoms with Crippen LogP contribution in [-0.2, 0) is 6.42 Å². The van der Waals surface area contributed by atoms with Gasteiger partial charge in [0.2, 0.25) is 0 Å². The first kappa shape index (κ1) is 19.3. The molecule has 1 aromatic heterocycles. The number of aliphatic hydroxyl groups is 1. The summed E-state index contributed by atoms with van der Waals surface area (Å²) in [6, 6.07) is 12.7. The first-order valence-electron chi connectivity index (χ1n) is 9.26. The molecule has 0 aliphatic carbocycles. The number of nitrogens with one attached hydrogen (secondary N) is 2. The third kappa shape index (κ3) is 3.63. The number of aromatic nitrogens is 1. The first-order valence-corrected chi connectivity index (χ1v) is 10.0. The molecule has 5 nitrogen and oxygen atoms in total. The van der Waals surface area contributed by atoms with Gasteiger partial charge in [-0.05, 0) is 48.4 Å². The van der Waals surface area contributed by atoms with E-state index < -0.39 is 0 Å². The summed E-state index contributed by atoms with van der Waals surface area (Å²) in [6.07, 6.45) is 0.748. The number of halogens is 2. The van der Waals surface area contributed by atoms with Crippen LogP contribution < -0.4 is 5.32 Å². The van der Waals surface area contributed by atoms with Gasteiger partial charge in [0.15, 0.2) is 0 Å². The molecule has 0 fully saturated rings. The molecule has 0 radical (unpaired) electrons. The summed E-state index contributed by atoms with van der Waals surface area (Å²) >= 11 is 12.3. The van der Waals surface area contributed by atoms with Gasteiger partial charge in [0.05, 0.1) is 12.6 Å². The predicted molar refractivity (Wildman–Crippen MR) is 112 cm³/mol. The van der Waals surface area contributed by atoms with Gasteiger partial charge in [0.1, 0.15) is 0 Å². The summed E-state index contributed by atoms with van der Waals surface area (Å²) in [5.41, 5.74) is 3.80. The Labute approximate surface area is 173 Å². The van der Waals surface area contributed by atoms with Crippen LogP contribution in [0.4, 0.5) is 0 Å². The minimum Gasteiger partial charge on any atom is -0.395 e. The standard InChI is InChI=1S/C21H21Cl2N3O2/c22-14-3-1-2-13(10-14)21(28)26-8-6-16-17-11-15(23)4-5-18(17)25-20(16)19(26)12-24-7-9-27/h1-5,10-11,19,24-25,27H,6-9,12H2. The van der Waals surface area contributed by atoms with Gasteiger partial charge in [0, 0.05) is 51.8 Å². The molecule has 1 unspecified atom stereocenters. The molecule has 1 aliphatic heterocycles. The fraction of sp³-hybridized carbons (Fsp3) is 0.286. The van der Waals surface area contributed by atoms with Crippen molar-refractivity contribution in [3.63, 3.8) is 0 Å². The number of hydrogen-bond acceptors (Lipinski definition) is 3. The summed E-state index contributed by atoms with van der Waals surface area (Å²) in [6.45, 7) is 1.66. The molecule has 28 heavy (non-hydrogen) atoms. The fourth-order valence-corrected chi connectivity index (χ4v) is 4.26. The third-order valence-corrected chi connectivity index (χ3v) is 5.64. The Balaban J connectivity index is 1.73. The van der Waals surface area contributed by atoms with Crippen LogP contribution in [0, 0.1) is 0 Å². The Morgan fingerprint density at radius 1 is 1.21 bits per heavy atom. The van der Waals surface area contributed by atoms with E-state index in [2.05, 4.69) is 10.3 Å². The zero-order valence-electron chi connectivity index (χ0n) is 15.2. The van der Waals surface area contributed by atoms with Crippen molar-refractivity contribution in [2.75, 3.05) is 26.2 Å². The topological polar surface area (TPSA) is 68.4 Å². The number of benzene rings is 2. The number of fused-ring (bicyclic) bond motifs is 3. The molecule has 1 aliphatic rings. The van der Waals surface area contributed by atoms with Gasteiger partial charge in [-0.1, -0.05) is 29.3 Å². The number of H-pyrrole nitrogens is 1. The van der Waals surface area contributed by atoms with E-state index in [1.807, 2.05) is 23.1 Å². The molecule has 0 bridgehead atoms. The quantitative estimate of drug-likeness (QED) is 0.553. The van der Waals surface area contributed by atoms with Crippen molar-refractivity contribution in [1.29, 1.82) is 0 Å². The Hall–Kier alpha value is -2.05. The minimum absolute atomic E-state index is 0.0458. The van der Waals surface area contributed by atoms with E-state index in [-0.39, 0.29) is 18.6 Å². The maximum absolute atomic E-state index is 13.2. The second-order valence-electron chi connectivity index (χ2n) is 6.91. The molecule has 1 atom stereocenters. The second-order valence-corrected chi connectivity index (χ2v) is 7.78. The van der Waals surface area contributed by atoms with Crippen molar-refractivity contribution in [2.24, 2.45) is 0 Å². The zero-order chi connectivity index (χ0) is 19.7. The van der Waals surface area contributed by atoms with Gasteiger partial charge >= 0.3 is 0 Å². The molecular weight excluding hydrogens is 397 g/mol. The number of aromatic amines is 1. The number of rotatable bonds is 5. The van der Waals surface area contributed by atoms with Crippen molar-refractivity contribution in [3.8, 4) is 0 Å². The minimum atomic E-state index is -0.173. The first-order chi connectivity index (χ1) is 13.6. The van der Waals surface area contributed by atoms with Crippen LogP contribution in [0.5, 0.6) is 0 Å². The lowest BCUT2D eigenvalue weighted by atomic mass is 9.96. The lowest BCUT2D eigenvalue weighted by Crippen LogP contribution is -2.44. The number of amides is 1. The van der Waals surface area contributed by atoms with Gasteiger partial charge in [-0.15, -0.1) is 0 Å². The lowest BCUT2D eigenvalue weighted by molar-refractivity contribution is 0.0654. The molecule has 2 heterocycles. The molecule has 146 valence electrons. The number of aliphatic hydroxyl groups excluding tert-OH is 1. The van der Waals surface area contributed by atoms with Gasteiger partial charge in [-0.3, -0.25) is 4.79 Å². The Kier molecular flexibility index (Phi) is 5.60. The molecule has 0 spiro atoms. The molecule has 2 aromatic carbocycles. The highest BCUT2D eigenvalue weighted by Crippen LogP contribution is 2.36. The van der Waals surface area contributed by atoms with E-state index in [0.717, 1.165) is 23.0 Å². The summed E-state index contributed by atoms with van der Waals surface area (Å²) in [7, 11) is 0. The van der Waals surface area contributed by atoms with E-state index in [1.165, 1.54) is 5.56 Å². The summed E-state index contributed by atoms with van der Waals surface area (Å²) in [5, 5.41) is 14.7. The number of nitrogens with zero attached hydrogens (tertiary/aromatic N) is 1. The fourth-order valence-electron chi connectivity index (χ4n) is 3.90. The Bertz CT molecular complexity index is 1020. The zero-order valence-corrected chi connectivity index (χ0v) is 16.7. The van der Waals surface area contributed by atoms with Crippen LogP contribution in [0.25, 0.3) is 10.9 Å². The number of hydrogen-bond donors (Lipinski definition) is 3. The highest BCUT2D eigenvalue weighted by molar-refractivity contribution is 6.31. The van der Waals surface area contributed by atoms with E-state index >= 15 is 0 Å². The largest absolute Gasteiger partial charge is 0.395 e. The van der Waals surface area contributed by atoms with Crippen LogP contribution in [0.2, 0.25) is 10.0 Å². The van der Waals surface area contributed by atoms with Crippen molar-refractivity contribution in [2.45, 2.75) is 12.5 Å². The maximum Gasteiger partial charge on any atom is 0.254 e. The van der Waals surface area contributed by atoms with Gasteiger partial charge in [0.25, 0.3) is 5.91 Å². The molecule has 3 N–H and O–H groups in total. The third-order valence-electron chi connectivity index (χ3n) is 5.17. The molecule has 0 saturated heterocycles. The Morgan fingerprint density at radius 2 is 2.04 bits per heavy atom. The lowest BCUT2D eigenvalue weighted by Gasteiger charge is -2.36. The molecular formula is C21H21Cl2N3O2. The van der Waals surface area contributed by atoms with E-state index in [4.69, 9.17) is 28.3 Å². The summed E-state index contributed by atoms with van der Waals surface area (Å²) in [4.78, 5) is 18.6. The van der Waals surface area contributed by atoms with Gasteiger partial charge < -0.3 is 20.3 Å². The monoisotopic (exact) mass is 417 g/mol. The van der Waals surface area contributed by atoms with E-state index in [1.54, 1.807) is 24.3 Å². The highest BCUT2D eigenvalue weighted by Gasteiger charge is 2.33. The normalized spacial score (nSPS) is 16.4. The number of carbonyl (C=O) groups excluding carboxylic acids is 1. The van der Waals surface area contributed by atoms with Crippen molar-refractivity contribution >= 4 is 40.0 Å². The predicted octanol–water partition coefficient (Wildman–Crippen LogP) is 3.80. The maximum atomic E-state index is 13.2. The molecule has 3 aromatic rings. The Morgan fingerprint density at radius 3 is 2.82 bits per heavy atom. The van der Waals surface area contributed by atoms with Gasteiger partial charge in [-0.25, -0.2) is 0 Å².